The van der Waals surface area contributed by atoms with Gasteiger partial charge in [-0.1, -0.05) is 24.3 Å². The molecule has 0 aromatic rings. The highest BCUT2D eigenvalue weighted by Gasteiger charge is 2.19. The average molecular weight is 264 g/mol. The van der Waals surface area contributed by atoms with E-state index in [0.717, 1.165) is 32.7 Å². The molecule has 1 unspecified atom stereocenters. The Labute approximate surface area is 118 Å². The molecule has 0 aromatic carbocycles. The second-order valence-electron chi connectivity index (χ2n) is 4.24. The first-order valence-corrected chi connectivity index (χ1v) is 6.75. The van der Waals surface area contributed by atoms with E-state index < -0.39 is 0 Å². The Balaban J connectivity index is 4.71. The van der Waals surface area contributed by atoms with E-state index in [1.54, 1.807) is 0 Å². The molecule has 3 nitrogen and oxygen atoms in total. The monoisotopic (exact) mass is 264 g/mol. The Morgan fingerprint density at radius 3 is 1.74 bits per heavy atom. The summed E-state index contributed by atoms with van der Waals surface area (Å²) in [6, 6.07) is 0. The van der Waals surface area contributed by atoms with Crippen molar-refractivity contribution in [2.24, 2.45) is 0 Å². The molecule has 0 spiro atoms. The van der Waals surface area contributed by atoms with Gasteiger partial charge in [0.25, 0.3) is 0 Å². The molecule has 0 heterocycles. The van der Waals surface area contributed by atoms with E-state index in [0.29, 0.717) is 6.61 Å². The molecule has 0 bridgehead atoms. The van der Waals surface area contributed by atoms with Crippen LogP contribution in [0.25, 0.3) is 0 Å². The molecule has 0 aliphatic heterocycles. The Morgan fingerprint density at radius 1 is 0.895 bits per heavy atom. The Morgan fingerprint density at radius 2 is 1.37 bits per heavy atom. The van der Waals surface area contributed by atoms with Crippen LogP contribution in [0.15, 0.2) is 50.6 Å². The maximum atomic E-state index is 5.85. The zero-order valence-corrected chi connectivity index (χ0v) is 12.3. The maximum absolute atomic E-state index is 5.85. The van der Waals surface area contributed by atoms with Crippen molar-refractivity contribution in [3.63, 3.8) is 0 Å². The Bertz CT molecular complexity index is 256. The van der Waals surface area contributed by atoms with Crippen LogP contribution in [-0.2, 0) is 4.74 Å². The van der Waals surface area contributed by atoms with Crippen molar-refractivity contribution in [2.45, 2.75) is 13.2 Å². The van der Waals surface area contributed by atoms with Crippen LogP contribution in [0.1, 0.15) is 6.92 Å². The van der Waals surface area contributed by atoms with Gasteiger partial charge in [0.2, 0.25) is 0 Å². The molecule has 0 aromatic heterocycles. The predicted octanol–water partition coefficient (Wildman–Crippen LogP) is 2.70. The lowest BCUT2D eigenvalue weighted by molar-refractivity contribution is -0.0595. The SMILES string of the molecule is C=CCN(CC=C)CC(OCC)N(CC=C)CC=C. The van der Waals surface area contributed by atoms with Gasteiger partial charge in [0.1, 0.15) is 6.23 Å². The third-order valence-corrected chi connectivity index (χ3v) is 2.68. The predicted molar refractivity (Wildman–Crippen MR) is 84.2 cm³/mol. The van der Waals surface area contributed by atoms with E-state index in [2.05, 4.69) is 36.1 Å². The van der Waals surface area contributed by atoms with Crippen LogP contribution in [0.5, 0.6) is 0 Å². The van der Waals surface area contributed by atoms with Crippen molar-refractivity contribution in [3.8, 4) is 0 Å². The van der Waals surface area contributed by atoms with Gasteiger partial charge in [-0.05, 0) is 6.92 Å². The molecule has 0 aliphatic carbocycles. The van der Waals surface area contributed by atoms with E-state index >= 15 is 0 Å². The highest BCUT2D eigenvalue weighted by molar-refractivity contribution is 4.85. The van der Waals surface area contributed by atoms with Gasteiger partial charge in [-0.15, -0.1) is 26.3 Å². The second kappa shape index (κ2) is 11.9. The van der Waals surface area contributed by atoms with E-state index in [1.807, 2.05) is 31.2 Å². The summed E-state index contributed by atoms with van der Waals surface area (Å²) in [5, 5.41) is 0. The van der Waals surface area contributed by atoms with Crippen LogP contribution in [0.2, 0.25) is 0 Å². The van der Waals surface area contributed by atoms with Crippen LogP contribution in [0, 0.1) is 0 Å². The van der Waals surface area contributed by atoms with Crippen molar-refractivity contribution >= 4 is 0 Å². The Hall–Kier alpha value is -1.16. The van der Waals surface area contributed by atoms with E-state index in [9.17, 15) is 0 Å². The van der Waals surface area contributed by atoms with Crippen LogP contribution in [-0.4, -0.2) is 55.4 Å². The minimum Gasteiger partial charge on any atom is -0.362 e. The molecule has 108 valence electrons. The lowest BCUT2D eigenvalue weighted by Gasteiger charge is -2.33. The summed E-state index contributed by atoms with van der Waals surface area (Å²) in [5.74, 6) is 0. The van der Waals surface area contributed by atoms with Crippen LogP contribution in [0.4, 0.5) is 0 Å². The number of rotatable bonds is 13. The van der Waals surface area contributed by atoms with Crippen molar-refractivity contribution in [1.82, 2.24) is 9.80 Å². The first-order chi connectivity index (χ1) is 9.23. The molecule has 19 heavy (non-hydrogen) atoms. The lowest BCUT2D eigenvalue weighted by atomic mass is 10.3. The summed E-state index contributed by atoms with van der Waals surface area (Å²) in [5.41, 5.74) is 0. The summed E-state index contributed by atoms with van der Waals surface area (Å²) in [6.07, 6.45) is 7.61. The highest BCUT2D eigenvalue weighted by Crippen LogP contribution is 2.06. The fraction of sp³-hybridized carbons (Fsp3) is 0.500. The van der Waals surface area contributed by atoms with Gasteiger partial charge in [0.05, 0.1) is 0 Å². The van der Waals surface area contributed by atoms with Crippen molar-refractivity contribution < 1.29 is 4.74 Å². The molecule has 0 saturated carbocycles. The normalized spacial score (nSPS) is 12.4. The fourth-order valence-electron chi connectivity index (χ4n) is 1.92. The fourth-order valence-corrected chi connectivity index (χ4v) is 1.92. The number of ether oxygens (including phenoxy) is 1. The number of hydrogen-bond donors (Lipinski definition) is 0. The molecule has 0 N–H and O–H groups in total. The highest BCUT2D eigenvalue weighted by atomic mass is 16.5. The molecule has 0 aliphatic rings. The topological polar surface area (TPSA) is 15.7 Å². The third kappa shape index (κ3) is 7.78. The second-order valence-corrected chi connectivity index (χ2v) is 4.24. The minimum absolute atomic E-state index is 0.0286. The first-order valence-electron chi connectivity index (χ1n) is 6.75. The standard InChI is InChI=1S/C16H28N2O/c1-6-11-17(12-7-2)15-16(19-10-5)18(13-8-3)14-9-4/h6-9,16H,1-4,10-15H2,5H3. The molecule has 1 atom stereocenters. The van der Waals surface area contributed by atoms with E-state index in [4.69, 9.17) is 4.74 Å². The van der Waals surface area contributed by atoms with Crippen molar-refractivity contribution in [2.75, 3.05) is 39.3 Å². The number of nitrogens with zero attached hydrogens (tertiary/aromatic N) is 2. The zero-order valence-electron chi connectivity index (χ0n) is 12.3. The molecule has 0 saturated heterocycles. The van der Waals surface area contributed by atoms with E-state index in [1.165, 1.54) is 0 Å². The Kier molecular flexibility index (Phi) is 11.2. The van der Waals surface area contributed by atoms with Gasteiger partial charge in [-0.3, -0.25) is 9.80 Å². The molecule has 0 amide bonds. The molecule has 0 radical (unpaired) electrons. The van der Waals surface area contributed by atoms with Crippen LogP contribution < -0.4 is 0 Å². The van der Waals surface area contributed by atoms with Crippen molar-refractivity contribution in [1.29, 1.82) is 0 Å². The largest absolute Gasteiger partial charge is 0.362 e. The summed E-state index contributed by atoms with van der Waals surface area (Å²) in [6.45, 7) is 21.9. The van der Waals surface area contributed by atoms with Gasteiger partial charge in [-0.2, -0.15) is 0 Å². The van der Waals surface area contributed by atoms with Gasteiger partial charge in [0, 0.05) is 39.3 Å². The summed E-state index contributed by atoms with van der Waals surface area (Å²) >= 11 is 0. The van der Waals surface area contributed by atoms with Crippen molar-refractivity contribution in [3.05, 3.63) is 50.6 Å². The lowest BCUT2D eigenvalue weighted by Crippen LogP contribution is -2.46. The van der Waals surface area contributed by atoms with Gasteiger partial charge < -0.3 is 4.74 Å². The first kappa shape index (κ1) is 17.8. The molecule has 0 rings (SSSR count). The minimum atomic E-state index is 0.0286. The summed E-state index contributed by atoms with van der Waals surface area (Å²) < 4.78 is 5.85. The summed E-state index contributed by atoms with van der Waals surface area (Å²) in [4.78, 5) is 4.46. The zero-order chi connectivity index (χ0) is 14.5. The van der Waals surface area contributed by atoms with Crippen LogP contribution >= 0.6 is 0 Å². The van der Waals surface area contributed by atoms with Gasteiger partial charge in [-0.25, -0.2) is 0 Å². The smallest absolute Gasteiger partial charge is 0.123 e. The molecule has 0 fully saturated rings. The molecule has 3 heteroatoms. The van der Waals surface area contributed by atoms with Gasteiger partial charge in [0.15, 0.2) is 0 Å². The van der Waals surface area contributed by atoms with Gasteiger partial charge >= 0.3 is 0 Å². The summed E-state index contributed by atoms with van der Waals surface area (Å²) in [7, 11) is 0. The average Bonchev–Trinajstić information content (AvgIpc) is 2.38. The molecular formula is C16H28N2O. The number of hydrogen-bond acceptors (Lipinski definition) is 3. The van der Waals surface area contributed by atoms with E-state index in [-0.39, 0.29) is 6.23 Å². The quantitative estimate of drug-likeness (QED) is 0.376. The molecular weight excluding hydrogens is 236 g/mol. The van der Waals surface area contributed by atoms with Crippen LogP contribution in [0.3, 0.4) is 0 Å². The maximum Gasteiger partial charge on any atom is 0.123 e. The third-order valence-electron chi connectivity index (χ3n) is 2.68.